The van der Waals surface area contributed by atoms with Crippen LogP contribution in [0.3, 0.4) is 0 Å². The average Bonchev–Trinajstić information content (AvgIpc) is 2.50. The molecule has 2 aliphatic rings. The van der Waals surface area contributed by atoms with E-state index in [-0.39, 0.29) is 24.3 Å². The third kappa shape index (κ3) is 3.59. The zero-order valence-corrected chi connectivity index (χ0v) is 13.0. The molecule has 0 spiro atoms. The molecular weight excluding hydrogens is 302 g/mol. The minimum absolute atomic E-state index is 0.0746. The molecule has 3 atom stereocenters. The molecule has 118 valence electrons. The number of amides is 2. The summed E-state index contributed by atoms with van der Waals surface area (Å²) in [4.78, 5) is 24.2. The normalized spacial score (nSPS) is 27.7. The zero-order chi connectivity index (χ0) is 15.5. The van der Waals surface area contributed by atoms with Crippen LogP contribution in [0.5, 0.6) is 0 Å². The van der Waals surface area contributed by atoms with Gasteiger partial charge in [-0.05, 0) is 37.1 Å². The van der Waals surface area contributed by atoms with Gasteiger partial charge in [0, 0.05) is 22.8 Å². The summed E-state index contributed by atoms with van der Waals surface area (Å²) in [6, 6.07) is 6.98. The van der Waals surface area contributed by atoms with Gasteiger partial charge in [0.15, 0.2) is 0 Å². The highest BCUT2D eigenvalue weighted by Crippen LogP contribution is 2.22. The van der Waals surface area contributed by atoms with E-state index in [0.29, 0.717) is 16.8 Å². The Labute approximate surface area is 134 Å². The molecule has 1 saturated heterocycles. The first-order chi connectivity index (χ1) is 10.6. The van der Waals surface area contributed by atoms with E-state index in [4.69, 9.17) is 11.6 Å². The van der Waals surface area contributed by atoms with E-state index >= 15 is 0 Å². The fourth-order valence-corrected chi connectivity index (χ4v) is 3.33. The molecule has 0 aromatic heterocycles. The average molecular weight is 322 g/mol. The fourth-order valence-electron chi connectivity index (χ4n) is 3.20. The number of piperazine rings is 1. The topological polar surface area (TPSA) is 70.2 Å². The van der Waals surface area contributed by atoms with Crippen LogP contribution in [0.2, 0.25) is 5.02 Å². The number of hydrogen-bond donors (Lipinski definition) is 3. The molecule has 1 aliphatic carbocycles. The van der Waals surface area contributed by atoms with Crippen molar-refractivity contribution >= 4 is 29.1 Å². The number of anilines is 1. The Bertz CT molecular complexity index is 561. The lowest BCUT2D eigenvalue weighted by Gasteiger charge is -2.40. The molecule has 6 heteroatoms. The van der Waals surface area contributed by atoms with E-state index in [1.165, 1.54) is 6.42 Å². The minimum Gasteiger partial charge on any atom is -0.350 e. The van der Waals surface area contributed by atoms with Gasteiger partial charge < -0.3 is 16.0 Å². The van der Waals surface area contributed by atoms with Crippen LogP contribution in [0.1, 0.15) is 32.1 Å². The Hall–Kier alpha value is -1.59. The molecule has 0 unspecified atom stereocenters. The molecule has 1 heterocycles. The van der Waals surface area contributed by atoms with Crippen LogP contribution in [0.4, 0.5) is 5.69 Å². The molecule has 1 aliphatic heterocycles. The maximum Gasteiger partial charge on any atom is 0.237 e. The van der Waals surface area contributed by atoms with Crippen LogP contribution in [-0.4, -0.2) is 29.9 Å². The summed E-state index contributed by atoms with van der Waals surface area (Å²) in [6.45, 7) is 0. The summed E-state index contributed by atoms with van der Waals surface area (Å²) in [7, 11) is 0. The van der Waals surface area contributed by atoms with Crippen molar-refractivity contribution in [2.45, 2.75) is 50.2 Å². The van der Waals surface area contributed by atoms with E-state index in [0.717, 1.165) is 19.3 Å². The fraction of sp³-hybridized carbons (Fsp3) is 0.500. The molecule has 3 N–H and O–H groups in total. The van der Waals surface area contributed by atoms with E-state index < -0.39 is 6.04 Å². The number of benzene rings is 1. The number of halogens is 1. The van der Waals surface area contributed by atoms with E-state index in [1.807, 2.05) is 0 Å². The summed E-state index contributed by atoms with van der Waals surface area (Å²) in [5, 5.41) is 9.79. The summed E-state index contributed by atoms with van der Waals surface area (Å²) >= 11 is 5.81. The van der Waals surface area contributed by atoms with Gasteiger partial charge in [-0.15, -0.1) is 0 Å². The first kappa shape index (κ1) is 15.3. The van der Waals surface area contributed by atoms with Crippen molar-refractivity contribution in [1.82, 2.24) is 10.6 Å². The lowest BCUT2D eigenvalue weighted by atomic mass is 9.87. The van der Waals surface area contributed by atoms with Crippen LogP contribution in [-0.2, 0) is 9.59 Å². The van der Waals surface area contributed by atoms with Crippen LogP contribution < -0.4 is 16.0 Å². The van der Waals surface area contributed by atoms with Gasteiger partial charge in [0.05, 0.1) is 12.5 Å². The van der Waals surface area contributed by atoms with Gasteiger partial charge in [0.25, 0.3) is 0 Å². The SMILES string of the molecule is O=C(C[C@H]1N[C@@H]2CCCC[C@@H]2NC1=O)Nc1ccc(Cl)cc1. The molecule has 0 bridgehead atoms. The number of carbonyl (C=O) groups excluding carboxylic acids is 2. The van der Waals surface area contributed by atoms with Crippen LogP contribution in [0.25, 0.3) is 0 Å². The van der Waals surface area contributed by atoms with Gasteiger partial charge in [0.1, 0.15) is 0 Å². The van der Waals surface area contributed by atoms with Gasteiger partial charge in [-0.2, -0.15) is 0 Å². The summed E-state index contributed by atoms with van der Waals surface area (Å²) in [6.07, 6.45) is 4.55. The van der Waals surface area contributed by atoms with Gasteiger partial charge in [-0.3, -0.25) is 9.59 Å². The molecule has 2 fully saturated rings. The smallest absolute Gasteiger partial charge is 0.237 e. The molecule has 0 radical (unpaired) electrons. The number of rotatable bonds is 3. The Morgan fingerprint density at radius 1 is 1.18 bits per heavy atom. The van der Waals surface area contributed by atoms with Crippen molar-refractivity contribution in [1.29, 1.82) is 0 Å². The Balaban J connectivity index is 1.56. The molecular formula is C16H20ClN3O2. The van der Waals surface area contributed by atoms with Crippen molar-refractivity contribution in [2.75, 3.05) is 5.32 Å². The van der Waals surface area contributed by atoms with Crippen LogP contribution in [0.15, 0.2) is 24.3 Å². The molecule has 3 rings (SSSR count). The monoisotopic (exact) mass is 321 g/mol. The Kier molecular flexibility index (Phi) is 4.64. The maximum atomic E-state index is 12.1. The summed E-state index contributed by atoms with van der Waals surface area (Å²) < 4.78 is 0. The zero-order valence-electron chi connectivity index (χ0n) is 12.3. The second-order valence-electron chi connectivity index (χ2n) is 5.98. The highest BCUT2D eigenvalue weighted by atomic mass is 35.5. The molecule has 22 heavy (non-hydrogen) atoms. The van der Waals surface area contributed by atoms with Crippen molar-refractivity contribution < 1.29 is 9.59 Å². The Morgan fingerprint density at radius 2 is 1.86 bits per heavy atom. The molecule has 1 saturated carbocycles. The number of nitrogens with one attached hydrogen (secondary N) is 3. The van der Waals surface area contributed by atoms with Crippen molar-refractivity contribution in [3.63, 3.8) is 0 Å². The third-order valence-electron chi connectivity index (χ3n) is 4.34. The van der Waals surface area contributed by atoms with E-state index in [9.17, 15) is 9.59 Å². The van der Waals surface area contributed by atoms with Gasteiger partial charge in [-0.25, -0.2) is 0 Å². The van der Waals surface area contributed by atoms with Gasteiger partial charge >= 0.3 is 0 Å². The van der Waals surface area contributed by atoms with E-state index in [2.05, 4.69) is 16.0 Å². The number of hydrogen-bond acceptors (Lipinski definition) is 3. The highest BCUT2D eigenvalue weighted by molar-refractivity contribution is 6.30. The van der Waals surface area contributed by atoms with Gasteiger partial charge in [-0.1, -0.05) is 24.4 Å². The van der Waals surface area contributed by atoms with Crippen molar-refractivity contribution in [3.8, 4) is 0 Å². The predicted molar refractivity (Wildman–Crippen MR) is 85.8 cm³/mol. The third-order valence-corrected chi connectivity index (χ3v) is 4.59. The van der Waals surface area contributed by atoms with Crippen LogP contribution in [0, 0.1) is 0 Å². The Morgan fingerprint density at radius 3 is 2.59 bits per heavy atom. The summed E-state index contributed by atoms with van der Waals surface area (Å²) in [5.74, 6) is -0.251. The minimum atomic E-state index is -0.452. The highest BCUT2D eigenvalue weighted by Gasteiger charge is 2.36. The standard InChI is InChI=1S/C16H20ClN3O2/c17-10-5-7-11(8-6-10)18-15(21)9-14-16(22)20-13-4-2-1-3-12(13)19-14/h5-8,12-14,19H,1-4,9H2,(H,18,21)(H,20,22)/t12-,13+,14-/m1/s1. The van der Waals surface area contributed by atoms with Crippen molar-refractivity contribution in [2.24, 2.45) is 0 Å². The van der Waals surface area contributed by atoms with E-state index in [1.54, 1.807) is 24.3 Å². The lowest BCUT2D eigenvalue weighted by molar-refractivity contribution is -0.129. The lowest BCUT2D eigenvalue weighted by Crippen LogP contribution is -2.65. The molecule has 2 amide bonds. The largest absolute Gasteiger partial charge is 0.350 e. The quantitative estimate of drug-likeness (QED) is 0.798. The molecule has 1 aromatic carbocycles. The first-order valence-corrected chi connectivity index (χ1v) is 8.11. The number of fused-ring (bicyclic) bond motifs is 1. The maximum absolute atomic E-state index is 12.1. The number of carbonyl (C=O) groups is 2. The van der Waals surface area contributed by atoms with Crippen molar-refractivity contribution in [3.05, 3.63) is 29.3 Å². The van der Waals surface area contributed by atoms with Crippen LogP contribution >= 0.6 is 11.6 Å². The summed E-state index contributed by atoms with van der Waals surface area (Å²) in [5.41, 5.74) is 0.682. The second-order valence-corrected chi connectivity index (χ2v) is 6.42. The van der Waals surface area contributed by atoms with Gasteiger partial charge in [0.2, 0.25) is 11.8 Å². The first-order valence-electron chi connectivity index (χ1n) is 7.73. The molecule has 1 aromatic rings. The predicted octanol–water partition coefficient (Wildman–Crippen LogP) is 2.07. The molecule has 5 nitrogen and oxygen atoms in total. The second kappa shape index (κ2) is 6.67.